The van der Waals surface area contributed by atoms with Crippen LogP contribution in [-0.4, -0.2) is 38.5 Å². The Balaban J connectivity index is 2.39. The minimum atomic E-state index is -0.726. The van der Waals surface area contributed by atoms with E-state index in [9.17, 15) is 15.2 Å². The summed E-state index contributed by atoms with van der Waals surface area (Å²) < 4.78 is 1.54. The summed E-state index contributed by atoms with van der Waals surface area (Å²) >= 11 is 0. The molecule has 1 N–H and O–H groups in total. The second-order valence-electron chi connectivity index (χ2n) is 5.53. The third-order valence-corrected chi connectivity index (χ3v) is 3.68. The Bertz CT molecular complexity index is 503. The maximum absolute atomic E-state index is 11.3. The molecule has 0 aliphatic carbocycles. The Kier molecular flexibility index (Phi) is 3.25. The molecule has 2 rings (SSSR count). The molecule has 1 saturated heterocycles. The fourth-order valence-corrected chi connectivity index (χ4v) is 2.48. The van der Waals surface area contributed by atoms with Crippen LogP contribution in [0.5, 0.6) is 0 Å². The average molecular weight is 268 g/mol. The van der Waals surface area contributed by atoms with E-state index in [1.165, 1.54) is 0 Å². The largest absolute Gasteiger partial charge is 0.386 e. The summed E-state index contributed by atoms with van der Waals surface area (Å²) in [5.74, 6) is 0.485. The van der Waals surface area contributed by atoms with Gasteiger partial charge in [-0.15, -0.1) is 0 Å². The van der Waals surface area contributed by atoms with Gasteiger partial charge < -0.3 is 10.0 Å². The maximum atomic E-state index is 11.3. The molecule has 106 valence electrons. The Hall–Kier alpha value is -1.63. The highest BCUT2D eigenvalue weighted by Gasteiger charge is 2.44. The first-order valence-corrected chi connectivity index (χ1v) is 6.47. The van der Waals surface area contributed by atoms with Crippen molar-refractivity contribution in [3.05, 3.63) is 15.8 Å². The van der Waals surface area contributed by atoms with Crippen molar-refractivity contribution in [3.63, 3.8) is 0 Å². The van der Waals surface area contributed by atoms with E-state index in [1.807, 2.05) is 25.7 Å². The molecule has 0 aromatic carbocycles. The van der Waals surface area contributed by atoms with Gasteiger partial charge in [0.05, 0.1) is 23.6 Å². The number of aliphatic hydroxyl groups is 1. The summed E-state index contributed by atoms with van der Waals surface area (Å²) in [4.78, 5) is 12.7. The fourth-order valence-electron chi connectivity index (χ4n) is 2.48. The van der Waals surface area contributed by atoms with Crippen molar-refractivity contribution in [2.45, 2.75) is 38.7 Å². The Morgan fingerprint density at radius 2 is 2.11 bits per heavy atom. The predicted octanol–water partition coefficient (Wildman–Crippen LogP) is 1.41. The summed E-state index contributed by atoms with van der Waals surface area (Å²) in [6, 6.07) is 0. The van der Waals surface area contributed by atoms with Gasteiger partial charge in [0.25, 0.3) is 0 Å². The van der Waals surface area contributed by atoms with Gasteiger partial charge >= 0.3 is 5.69 Å². The Labute approximate surface area is 112 Å². The highest BCUT2D eigenvalue weighted by molar-refractivity contribution is 5.64. The van der Waals surface area contributed by atoms with Crippen LogP contribution in [0.25, 0.3) is 0 Å². The van der Waals surface area contributed by atoms with Gasteiger partial charge in [-0.3, -0.25) is 10.1 Å². The minimum absolute atomic E-state index is 0.00770. The summed E-state index contributed by atoms with van der Waals surface area (Å²) in [7, 11) is 1.71. The van der Waals surface area contributed by atoms with E-state index < -0.39 is 5.60 Å². The van der Waals surface area contributed by atoms with E-state index in [1.54, 1.807) is 11.7 Å². The number of nitro groups is 1. The lowest BCUT2D eigenvalue weighted by atomic mass is 9.91. The van der Waals surface area contributed by atoms with Crippen LogP contribution in [0.3, 0.4) is 0 Å². The lowest BCUT2D eigenvalue weighted by Gasteiger charge is -2.46. The number of rotatable bonds is 4. The van der Waals surface area contributed by atoms with Gasteiger partial charge in [0, 0.05) is 13.0 Å². The molecule has 1 aliphatic rings. The maximum Gasteiger partial charge on any atom is 0.334 e. The molecule has 1 aromatic rings. The average Bonchev–Trinajstić information content (AvgIpc) is 2.62. The molecule has 7 nitrogen and oxygen atoms in total. The number of hydrogen-bond donors (Lipinski definition) is 1. The highest BCUT2D eigenvalue weighted by atomic mass is 16.6. The smallest absolute Gasteiger partial charge is 0.334 e. The van der Waals surface area contributed by atoms with Crippen LogP contribution in [0.15, 0.2) is 0 Å². The minimum Gasteiger partial charge on any atom is -0.386 e. The van der Waals surface area contributed by atoms with Crippen molar-refractivity contribution in [3.8, 4) is 0 Å². The van der Waals surface area contributed by atoms with Crippen molar-refractivity contribution in [2.24, 2.45) is 7.05 Å². The number of hydrogen-bond acceptors (Lipinski definition) is 5. The van der Waals surface area contributed by atoms with E-state index in [0.717, 1.165) is 0 Å². The van der Waals surface area contributed by atoms with Crippen molar-refractivity contribution in [1.82, 2.24) is 9.78 Å². The van der Waals surface area contributed by atoms with Crippen molar-refractivity contribution in [1.29, 1.82) is 0 Å². The molecular formula is C12H20N4O3. The number of anilines is 1. The molecule has 1 fully saturated rings. The third-order valence-electron chi connectivity index (χ3n) is 3.68. The zero-order chi connectivity index (χ0) is 14.4. The van der Waals surface area contributed by atoms with Gasteiger partial charge in [-0.2, -0.15) is 5.10 Å². The topological polar surface area (TPSA) is 84.4 Å². The van der Waals surface area contributed by atoms with Crippen molar-refractivity contribution < 1.29 is 10.0 Å². The van der Waals surface area contributed by atoms with Gasteiger partial charge in [-0.1, -0.05) is 20.8 Å². The summed E-state index contributed by atoms with van der Waals surface area (Å²) in [6.07, 6.45) is 0.645. The molecule has 19 heavy (non-hydrogen) atoms. The number of nitrogens with zero attached hydrogens (tertiary/aromatic N) is 4. The first-order chi connectivity index (χ1) is 8.79. The first-order valence-electron chi connectivity index (χ1n) is 6.47. The quantitative estimate of drug-likeness (QED) is 0.659. The second kappa shape index (κ2) is 4.48. The molecule has 0 atom stereocenters. The fraction of sp³-hybridized carbons (Fsp3) is 0.750. The first kappa shape index (κ1) is 13.8. The monoisotopic (exact) mass is 268 g/mol. The van der Waals surface area contributed by atoms with Crippen molar-refractivity contribution >= 4 is 11.5 Å². The molecule has 0 spiro atoms. The molecular weight excluding hydrogens is 248 g/mol. The SMILES string of the molecule is CCC1(O)CN(c2c([N+](=O)[O-])c(C(C)C)nn2C)C1. The molecule has 0 radical (unpaired) electrons. The summed E-state index contributed by atoms with van der Waals surface area (Å²) in [5, 5.41) is 25.6. The Morgan fingerprint density at radius 1 is 1.53 bits per heavy atom. The zero-order valence-electron chi connectivity index (χ0n) is 11.8. The van der Waals surface area contributed by atoms with Gasteiger partial charge in [-0.05, 0) is 6.42 Å². The lowest BCUT2D eigenvalue weighted by Crippen LogP contribution is -2.62. The summed E-state index contributed by atoms with van der Waals surface area (Å²) in [5.41, 5.74) is -0.166. The van der Waals surface area contributed by atoms with Crippen LogP contribution in [0, 0.1) is 10.1 Å². The lowest BCUT2D eigenvalue weighted by molar-refractivity contribution is -0.385. The van der Waals surface area contributed by atoms with Crippen LogP contribution in [0.4, 0.5) is 11.5 Å². The van der Waals surface area contributed by atoms with E-state index >= 15 is 0 Å². The number of aryl methyl sites for hydroxylation is 1. The van der Waals surface area contributed by atoms with E-state index in [4.69, 9.17) is 0 Å². The van der Waals surface area contributed by atoms with Crippen LogP contribution in [-0.2, 0) is 7.05 Å². The molecule has 0 saturated carbocycles. The molecule has 1 aromatic heterocycles. The van der Waals surface area contributed by atoms with E-state index in [0.29, 0.717) is 31.0 Å². The van der Waals surface area contributed by atoms with E-state index in [-0.39, 0.29) is 16.5 Å². The molecule has 0 amide bonds. The molecule has 1 aliphatic heterocycles. The third kappa shape index (κ3) is 2.18. The normalized spacial score (nSPS) is 17.7. The second-order valence-corrected chi connectivity index (χ2v) is 5.53. The molecule has 7 heteroatoms. The Morgan fingerprint density at radius 3 is 2.53 bits per heavy atom. The molecule has 0 bridgehead atoms. The summed E-state index contributed by atoms with van der Waals surface area (Å²) in [6.45, 7) is 6.52. The molecule has 2 heterocycles. The van der Waals surface area contributed by atoms with Crippen LogP contribution in [0.2, 0.25) is 0 Å². The van der Waals surface area contributed by atoms with Crippen molar-refractivity contribution in [2.75, 3.05) is 18.0 Å². The number of β-amino-alcohol motifs (C(OH)–C–C–N with tert-alkyl or cyclic N) is 1. The predicted molar refractivity (Wildman–Crippen MR) is 71.4 cm³/mol. The number of aromatic nitrogens is 2. The van der Waals surface area contributed by atoms with Crippen LogP contribution in [0.1, 0.15) is 38.8 Å². The molecule has 0 unspecified atom stereocenters. The zero-order valence-corrected chi connectivity index (χ0v) is 11.8. The van der Waals surface area contributed by atoms with Gasteiger partial charge in [0.1, 0.15) is 5.69 Å². The van der Waals surface area contributed by atoms with Gasteiger partial charge in [0.15, 0.2) is 0 Å². The van der Waals surface area contributed by atoms with Gasteiger partial charge in [0.2, 0.25) is 5.82 Å². The van der Waals surface area contributed by atoms with Crippen LogP contribution >= 0.6 is 0 Å². The van der Waals surface area contributed by atoms with Crippen LogP contribution < -0.4 is 4.90 Å². The highest BCUT2D eigenvalue weighted by Crippen LogP contribution is 2.39. The van der Waals surface area contributed by atoms with E-state index in [2.05, 4.69) is 5.10 Å². The standard InChI is InChI=1S/C12H20N4O3/c1-5-12(17)6-15(7-12)11-10(16(18)19)9(8(2)3)13-14(11)4/h8,17H,5-7H2,1-4H3. The van der Waals surface area contributed by atoms with Gasteiger partial charge in [-0.25, -0.2) is 4.68 Å².